The minimum Gasteiger partial charge on any atom is -0.465 e. The van der Waals surface area contributed by atoms with E-state index in [0.717, 1.165) is 6.07 Å². The average molecular weight is 263 g/mol. The quantitative estimate of drug-likeness (QED) is 0.716. The first-order valence-electron chi connectivity index (χ1n) is 4.81. The molecule has 5 nitrogen and oxygen atoms in total. The lowest BCUT2D eigenvalue weighted by molar-refractivity contribution is -0.137. The van der Waals surface area contributed by atoms with Crippen LogP contribution in [0.5, 0.6) is 0 Å². The molecule has 1 rings (SSSR count). The van der Waals surface area contributed by atoms with Crippen molar-refractivity contribution in [1.29, 1.82) is 0 Å². The molecule has 0 saturated heterocycles. The van der Waals surface area contributed by atoms with E-state index in [1.54, 1.807) is 0 Å². The normalized spacial score (nSPS) is 11.2. The van der Waals surface area contributed by atoms with Crippen LogP contribution in [0.1, 0.15) is 5.56 Å². The third-order valence-corrected chi connectivity index (χ3v) is 2.20. The smallest absolute Gasteiger partial charge is 0.418 e. The molecule has 1 aromatic rings. The lowest BCUT2D eigenvalue weighted by Gasteiger charge is -2.21. The van der Waals surface area contributed by atoms with Crippen LogP contribution < -0.4 is 16.0 Å². The van der Waals surface area contributed by atoms with Gasteiger partial charge in [-0.15, -0.1) is 0 Å². The van der Waals surface area contributed by atoms with Gasteiger partial charge in [0.15, 0.2) is 0 Å². The largest absolute Gasteiger partial charge is 0.465 e. The Labute approximate surface area is 101 Å². The van der Waals surface area contributed by atoms with Crippen LogP contribution >= 0.6 is 0 Å². The summed E-state index contributed by atoms with van der Waals surface area (Å²) in [5.74, 6) is 0. The molecular weight excluding hydrogens is 251 g/mol. The van der Waals surface area contributed by atoms with Crippen molar-refractivity contribution in [3.8, 4) is 0 Å². The fourth-order valence-electron chi connectivity index (χ4n) is 1.43. The van der Waals surface area contributed by atoms with Crippen molar-refractivity contribution in [3.63, 3.8) is 0 Å². The van der Waals surface area contributed by atoms with Gasteiger partial charge in [0.25, 0.3) is 0 Å². The first-order chi connectivity index (χ1) is 8.12. The third-order valence-electron chi connectivity index (χ3n) is 2.20. The number of nitrogens with two attached hydrogens (primary N) is 1. The highest BCUT2D eigenvalue weighted by atomic mass is 19.4. The van der Waals surface area contributed by atoms with E-state index in [2.05, 4.69) is 0 Å². The molecule has 0 aliphatic carbocycles. The molecular formula is C10H12F3N3O2. The number of alkyl halides is 3. The van der Waals surface area contributed by atoms with Crippen molar-refractivity contribution in [2.75, 3.05) is 30.0 Å². The van der Waals surface area contributed by atoms with E-state index in [9.17, 15) is 18.0 Å². The van der Waals surface area contributed by atoms with Gasteiger partial charge in [-0.3, -0.25) is 5.32 Å². The number of nitrogen functional groups attached to an aromatic ring is 1. The summed E-state index contributed by atoms with van der Waals surface area (Å²) in [7, 11) is 2.84. The maximum absolute atomic E-state index is 12.8. The van der Waals surface area contributed by atoms with Crippen molar-refractivity contribution >= 4 is 23.2 Å². The fourth-order valence-corrected chi connectivity index (χ4v) is 1.43. The topological polar surface area (TPSA) is 78.6 Å². The number of halogens is 3. The molecule has 0 bridgehead atoms. The molecule has 0 spiro atoms. The van der Waals surface area contributed by atoms with E-state index in [-0.39, 0.29) is 17.1 Å². The van der Waals surface area contributed by atoms with E-state index in [1.807, 2.05) is 5.32 Å². The van der Waals surface area contributed by atoms with Crippen molar-refractivity contribution in [1.82, 2.24) is 0 Å². The zero-order valence-corrected chi connectivity index (χ0v) is 9.67. The monoisotopic (exact) mass is 263 g/mol. The fraction of sp³-hybridized carbons (Fsp3) is 0.300. The zero-order chi connectivity index (χ0) is 14.1. The van der Waals surface area contributed by atoms with Crippen molar-refractivity contribution < 1.29 is 23.1 Å². The van der Waals surface area contributed by atoms with Gasteiger partial charge in [0, 0.05) is 14.1 Å². The number of rotatable bonds is 2. The van der Waals surface area contributed by atoms with Gasteiger partial charge in [-0.05, 0) is 12.1 Å². The van der Waals surface area contributed by atoms with E-state index in [1.165, 1.54) is 19.0 Å². The second-order valence-corrected chi connectivity index (χ2v) is 3.78. The molecule has 0 unspecified atom stereocenters. The summed E-state index contributed by atoms with van der Waals surface area (Å²) in [5, 5.41) is 10.5. The Morgan fingerprint density at radius 2 is 1.94 bits per heavy atom. The van der Waals surface area contributed by atoms with Crippen molar-refractivity contribution in [2.45, 2.75) is 6.18 Å². The summed E-state index contributed by atoms with van der Waals surface area (Å²) in [6.07, 6.45) is -5.96. The number of carbonyl (C=O) groups is 1. The molecule has 0 heterocycles. The number of benzene rings is 1. The Hall–Kier alpha value is -2.12. The Balaban J connectivity index is 3.39. The lowest BCUT2D eigenvalue weighted by Crippen LogP contribution is -2.18. The standard InChI is InChI=1S/C10H12F3N3O2/c1-16(2)8-4-7(15-9(17)18)6(14)3-5(8)10(11,12)13/h3-4,15H,14H2,1-2H3,(H,17,18). The SMILES string of the molecule is CN(C)c1cc(NC(=O)O)c(N)cc1C(F)(F)F. The predicted octanol–water partition coefficient (Wildman–Crippen LogP) is 2.44. The molecule has 0 saturated carbocycles. The second kappa shape index (κ2) is 4.63. The van der Waals surface area contributed by atoms with Gasteiger partial charge in [0.2, 0.25) is 0 Å². The van der Waals surface area contributed by atoms with Crippen LogP contribution in [0.4, 0.5) is 35.0 Å². The molecule has 1 amide bonds. The highest BCUT2D eigenvalue weighted by molar-refractivity contribution is 5.89. The third kappa shape index (κ3) is 2.96. The first kappa shape index (κ1) is 13.9. The van der Waals surface area contributed by atoms with Gasteiger partial charge in [-0.25, -0.2) is 4.79 Å². The number of hydrogen-bond donors (Lipinski definition) is 3. The van der Waals surface area contributed by atoms with Gasteiger partial charge in [-0.1, -0.05) is 0 Å². The Kier molecular flexibility index (Phi) is 3.59. The van der Waals surface area contributed by atoms with E-state index in [0.29, 0.717) is 6.07 Å². The van der Waals surface area contributed by atoms with Gasteiger partial charge in [0.1, 0.15) is 0 Å². The van der Waals surface area contributed by atoms with E-state index < -0.39 is 17.8 Å². The number of amides is 1. The van der Waals surface area contributed by atoms with Crippen LogP contribution in [-0.4, -0.2) is 25.3 Å². The molecule has 100 valence electrons. The lowest BCUT2D eigenvalue weighted by atomic mass is 10.1. The number of carboxylic acid groups (broad SMARTS) is 1. The number of hydrogen-bond acceptors (Lipinski definition) is 3. The number of anilines is 3. The van der Waals surface area contributed by atoms with Crippen LogP contribution in [-0.2, 0) is 6.18 Å². The Bertz CT molecular complexity index is 472. The van der Waals surface area contributed by atoms with Crippen LogP contribution in [0.15, 0.2) is 12.1 Å². The van der Waals surface area contributed by atoms with E-state index in [4.69, 9.17) is 10.8 Å². The highest BCUT2D eigenvalue weighted by Gasteiger charge is 2.35. The van der Waals surface area contributed by atoms with Gasteiger partial charge >= 0.3 is 12.3 Å². The highest BCUT2D eigenvalue weighted by Crippen LogP contribution is 2.39. The molecule has 4 N–H and O–H groups in total. The van der Waals surface area contributed by atoms with Gasteiger partial charge in [-0.2, -0.15) is 13.2 Å². The van der Waals surface area contributed by atoms with Crippen molar-refractivity contribution in [3.05, 3.63) is 17.7 Å². The number of nitrogens with one attached hydrogen (secondary N) is 1. The molecule has 0 aliphatic heterocycles. The molecule has 0 aliphatic rings. The summed E-state index contributed by atoms with van der Waals surface area (Å²) in [4.78, 5) is 11.7. The minimum atomic E-state index is -4.56. The predicted molar refractivity (Wildman–Crippen MR) is 61.8 cm³/mol. The van der Waals surface area contributed by atoms with Crippen LogP contribution in [0.2, 0.25) is 0 Å². The molecule has 18 heavy (non-hydrogen) atoms. The molecule has 8 heteroatoms. The molecule has 0 fully saturated rings. The summed E-state index contributed by atoms with van der Waals surface area (Å²) >= 11 is 0. The van der Waals surface area contributed by atoms with E-state index >= 15 is 0 Å². The minimum absolute atomic E-state index is 0.0841. The Morgan fingerprint density at radius 3 is 2.33 bits per heavy atom. The van der Waals surface area contributed by atoms with Gasteiger partial charge < -0.3 is 15.7 Å². The average Bonchev–Trinajstić information content (AvgIpc) is 2.17. The summed E-state index contributed by atoms with van der Waals surface area (Å²) in [5.41, 5.74) is 3.94. The second-order valence-electron chi connectivity index (χ2n) is 3.78. The van der Waals surface area contributed by atoms with Gasteiger partial charge in [0.05, 0.1) is 22.6 Å². The number of nitrogens with zero attached hydrogens (tertiary/aromatic N) is 1. The van der Waals surface area contributed by atoms with Crippen LogP contribution in [0.25, 0.3) is 0 Å². The molecule has 1 aromatic carbocycles. The Morgan fingerprint density at radius 1 is 1.39 bits per heavy atom. The summed E-state index contributed by atoms with van der Waals surface area (Å²) in [6.45, 7) is 0. The summed E-state index contributed by atoms with van der Waals surface area (Å²) in [6, 6.07) is 1.76. The molecule has 0 radical (unpaired) electrons. The van der Waals surface area contributed by atoms with Crippen molar-refractivity contribution in [2.24, 2.45) is 0 Å². The maximum atomic E-state index is 12.8. The molecule has 0 atom stereocenters. The summed E-state index contributed by atoms with van der Waals surface area (Å²) < 4.78 is 38.3. The maximum Gasteiger partial charge on any atom is 0.418 e. The van der Waals surface area contributed by atoms with Crippen LogP contribution in [0.3, 0.4) is 0 Å². The van der Waals surface area contributed by atoms with Crippen LogP contribution in [0, 0.1) is 0 Å². The first-order valence-corrected chi connectivity index (χ1v) is 4.81. The zero-order valence-electron chi connectivity index (χ0n) is 9.67. The molecule has 0 aromatic heterocycles.